The zero-order valence-corrected chi connectivity index (χ0v) is 19.2. The van der Waals surface area contributed by atoms with Crippen LogP contribution in [0.2, 0.25) is 0 Å². The molecule has 2 aromatic carbocycles. The Morgan fingerprint density at radius 3 is 2.80 bits per heavy atom. The second-order valence-corrected chi connectivity index (χ2v) is 8.39. The summed E-state index contributed by atoms with van der Waals surface area (Å²) in [5.41, 5.74) is 1.99. The van der Waals surface area contributed by atoms with E-state index in [0.29, 0.717) is 46.0 Å². The van der Waals surface area contributed by atoms with Crippen LogP contribution in [0.4, 0.5) is 11.4 Å². The van der Waals surface area contributed by atoms with Crippen molar-refractivity contribution in [3.05, 3.63) is 58.0 Å². The molecule has 0 saturated carbocycles. The molecule has 1 fully saturated rings. The molecule has 3 aromatic rings. The molecular formula is C24H25N5O6. The van der Waals surface area contributed by atoms with E-state index in [1.807, 2.05) is 0 Å². The van der Waals surface area contributed by atoms with Gasteiger partial charge in [-0.05, 0) is 18.6 Å². The first-order chi connectivity index (χ1) is 17.0. The van der Waals surface area contributed by atoms with Crippen LogP contribution in [0.15, 0.2) is 36.7 Å². The maximum absolute atomic E-state index is 12.9. The van der Waals surface area contributed by atoms with Gasteiger partial charge in [0.2, 0.25) is 5.91 Å². The summed E-state index contributed by atoms with van der Waals surface area (Å²) in [5, 5.41) is 14.7. The fourth-order valence-corrected chi connectivity index (χ4v) is 4.52. The minimum atomic E-state index is -0.805. The monoisotopic (exact) mass is 479 g/mol. The van der Waals surface area contributed by atoms with E-state index < -0.39 is 10.8 Å². The Morgan fingerprint density at radius 1 is 1.20 bits per heavy atom. The van der Waals surface area contributed by atoms with Gasteiger partial charge in [-0.2, -0.15) is 0 Å². The highest BCUT2D eigenvalue weighted by molar-refractivity contribution is 6.07. The number of morpholine rings is 1. The van der Waals surface area contributed by atoms with E-state index in [0.717, 1.165) is 39.3 Å². The summed E-state index contributed by atoms with van der Waals surface area (Å²) in [6, 6.07) is 7.85. The fraction of sp³-hybridized carbons (Fsp3) is 0.375. The number of nitrogens with zero attached hydrogens (tertiary/aromatic N) is 4. The number of nitro groups is 1. The lowest BCUT2D eigenvalue weighted by molar-refractivity contribution is -0.384. The Bertz CT molecular complexity index is 1280. The minimum absolute atomic E-state index is 0.0889. The molecule has 11 heteroatoms. The highest BCUT2D eigenvalue weighted by Crippen LogP contribution is 2.42. The summed E-state index contributed by atoms with van der Waals surface area (Å²) in [7, 11) is 1.55. The third-order valence-electron chi connectivity index (χ3n) is 6.28. The highest BCUT2D eigenvalue weighted by atomic mass is 16.6. The lowest BCUT2D eigenvalue weighted by Crippen LogP contribution is -2.37. The van der Waals surface area contributed by atoms with Crippen molar-refractivity contribution in [2.45, 2.75) is 12.3 Å². The van der Waals surface area contributed by atoms with Crippen LogP contribution in [0.1, 0.15) is 23.6 Å². The van der Waals surface area contributed by atoms with Crippen molar-refractivity contribution in [3.8, 4) is 11.5 Å². The van der Waals surface area contributed by atoms with Crippen molar-refractivity contribution < 1.29 is 23.9 Å². The number of aromatic nitrogens is 2. The first-order valence-corrected chi connectivity index (χ1v) is 11.4. The number of fused-ring (bicyclic) bond motifs is 2. The number of carbonyl (C=O) groups excluding carboxylic acids is 1. The number of methoxy groups -OCH3 is 1. The molecule has 1 saturated heterocycles. The predicted molar refractivity (Wildman–Crippen MR) is 127 cm³/mol. The zero-order valence-electron chi connectivity index (χ0n) is 19.2. The second-order valence-electron chi connectivity index (χ2n) is 8.39. The lowest BCUT2D eigenvalue weighted by atomic mass is 9.93. The number of benzene rings is 2. The molecule has 0 aliphatic carbocycles. The van der Waals surface area contributed by atoms with Gasteiger partial charge in [-0.3, -0.25) is 19.8 Å². The maximum Gasteiger partial charge on any atom is 0.269 e. The van der Waals surface area contributed by atoms with Gasteiger partial charge in [-0.1, -0.05) is 0 Å². The van der Waals surface area contributed by atoms with Gasteiger partial charge in [0.05, 0.1) is 43.1 Å². The van der Waals surface area contributed by atoms with Crippen molar-refractivity contribution in [2.75, 3.05) is 51.9 Å². The van der Waals surface area contributed by atoms with Gasteiger partial charge in [-0.15, -0.1) is 0 Å². The van der Waals surface area contributed by atoms with E-state index in [9.17, 15) is 14.9 Å². The van der Waals surface area contributed by atoms with E-state index in [1.165, 1.54) is 24.5 Å². The van der Waals surface area contributed by atoms with Gasteiger partial charge in [0, 0.05) is 54.5 Å². The summed E-state index contributed by atoms with van der Waals surface area (Å²) >= 11 is 0. The van der Waals surface area contributed by atoms with Crippen molar-refractivity contribution in [2.24, 2.45) is 0 Å². The van der Waals surface area contributed by atoms with Gasteiger partial charge in [0.15, 0.2) is 11.5 Å². The number of ether oxygens (including phenoxy) is 3. The molecule has 1 unspecified atom stereocenters. The third kappa shape index (κ3) is 4.60. The van der Waals surface area contributed by atoms with Gasteiger partial charge < -0.3 is 19.5 Å². The molecule has 1 aromatic heterocycles. The molecule has 11 nitrogen and oxygen atoms in total. The van der Waals surface area contributed by atoms with Crippen molar-refractivity contribution >= 4 is 28.2 Å². The van der Waals surface area contributed by atoms with Gasteiger partial charge in [-0.25, -0.2) is 9.97 Å². The fourth-order valence-electron chi connectivity index (χ4n) is 4.52. The molecule has 0 spiro atoms. The van der Waals surface area contributed by atoms with Gasteiger partial charge in [0.25, 0.3) is 5.69 Å². The predicted octanol–water partition coefficient (Wildman–Crippen LogP) is 2.73. The molecule has 182 valence electrons. The van der Waals surface area contributed by atoms with E-state index in [2.05, 4.69) is 20.2 Å². The van der Waals surface area contributed by atoms with Crippen molar-refractivity contribution in [3.63, 3.8) is 0 Å². The summed E-state index contributed by atoms with van der Waals surface area (Å²) < 4.78 is 17.0. The maximum atomic E-state index is 12.9. The molecular weight excluding hydrogens is 454 g/mol. The number of amides is 1. The molecule has 5 rings (SSSR count). The number of hydrogen-bond acceptors (Lipinski definition) is 9. The molecule has 1 atom stereocenters. The lowest BCUT2D eigenvalue weighted by Gasteiger charge is -2.26. The molecule has 2 aliphatic rings. The summed E-state index contributed by atoms with van der Waals surface area (Å²) in [5.74, 6) is -0.0561. The summed E-state index contributed by atoms with van der Waals surface area (Å²) in [4.78, 5) is 34.8. The second kappa shape index (κ2) is 9.80. The average Bonchev–Trinajstić information content (AvgIpc) is 3.21. The number of hydrogen-bond donors (Lipinski definition) is 1. The quantitative estimate of drug-likeness (QED) is 0.294. The van der Waals surface area contributed by atoms with E-state index in [4.69, 9.17) is 14.2 Å². The molecule has 1 N–H and O–H groups in total. The molecule has 2 aliphatic heterocycles. The van der Waals surface area contributed by atoms with Crippen LogP contribution >= 0.6 is 0 Å². The largest absolute Gasteiger partial charge is 0.493 e. The average molecular weight is 479 g/mol. The summed E-state index contributed by atoms with van der Waals surface area (Å²) in [6.07, 6.45) is 2.24. The zero-order chi connectivity index (χ0) is 24.4. The Morgan fingerprint density at radius 2 is 2.03 bits per heavy atom. The number of anilines is 1. The molecule has 1 amide bonds. The van der Waals surface area contributed by atoms with Crippen LogP contribution in [0.5, 0.6) is 11.5 Å². The SMILES string of the molecule is COc1cc2c(C3C(=O)Nc4ccc([N+](=O)[O-])cc43)ncnc2cc1OCCCN1CCOCC1. The number of rotatable bonds is 8. The normalized spacial score (nSPS) is 17.7. The van der Waals surface area contributed by atoms with E-state index in [-0.39, 0.29) is 11.6 Å². The molecule has 3 heterocycles. The Balaban J connectivity index is 1.42. The van der Waals surface area contributed by atoms with Crippen molar-refractivity contribution in [1.29, 1.82) is 0 Å². The number of non-ortho nitro benzene ring substituents is 1. The van der Waals surface area contributed by atoms with Crippen LogP contribution in [0, 0.1) is 10.1 Å². The Kier molecular flexibility index (Phi) is 6.43. The molecule has 35 heavy (non-hydrogen) atoms. The van der Waals surface area contributed by atoms with Crippen molar-refractivity contribution in [1.82, 2.24) is 14.9 Å². The van der Waals surface area contributed by atoms with Crippen LogP contribution in [-0.2, 0) is 9.53 Å². The topological polar surface area (TPSA) is 129 Å². The van der Waals surface area contributed by atoms with E-state index >= 15 is 0 Å². The first-order valence-electron chi connectivity index (χ1n) is 11.4. The van der Waals surface area contributed by atoms with Crippen LogP contribution in [0.3, 0.4) is 0 Å². The standard InChI is InChI=1S/C24H25N5O6/c1-33-20-12-17-19(13-21(20)35-8-2-5-28-6-9-34-10-7-28)25-14-26-23(17)22-16-11-15(29(31)32)3-4-18(16)27-24(22)30/h3-4,11-14,22H,2,5-10H2,1H3,(H,27,30). The first kappa shape index (κ1) is 22.9. The molecule has 0 bridgehead atoms. The number of nitrogens with one attached hydrogen (secondary N) is 1. The Labute approximate surface area is 201 Å². The smallest absolute Gasteiger partial charge is 0.269 e. The minimum Gasteiger partial charge on any atom is -0.493 e. The van der Waals surface area contributed by atoms with E-state index in [1.54, 1.807) is 19.2 Å². The van der Waals surface area contributed by atoms with Crippen LogP contribution in [-0.4, -0.2) is 72.3 Å². The molecule has 0 radical (unpaired) electrons. The van der Waals surface area contributed by atoms with Gasteiger partial charge in [0.1, 0.15) is 12.2 Å². The van der Waals surface area contributed by atoms with Gasteiger partial charge >= 0.3 is 0 Å². The highest BCUT2D eigenvalue weighted by Gasteiger charge is 2.36. The van der Waals surface area contributed by atoms with Crippen LogP contribution < -0.4 is 14.8 Å². The van der Waals surface area contributed by atoms with Crippen LogP contribution in [0.25, 0.3) is 10.9 Å². The number of nitro benzene ring substituents is 1. The Hall–Kier alpha value is -3.83. The number of carbonyl (C=O) groups is 1. The summed E-state index contributed by atoms with van der Waals surface area (Å²) in [6.45, 7) is 4.82. The third-order valence-corrected chi connectivity index (χ3v) is 6.28.